The van der Waals surface area contributed by atoms with Crippen molar-refractivity contribution in [3.05, 3.63) is 203 Å². The van der Waals surface area contributed by atoms with Gasteiger partial charge in [-0.25, -0.2) is 0 Å². The van der Waals surface area contributed by atoms with Gasteiger partial charge in [-0.3, -0.25) is 0 Å². The normalized spacial score (nSPS) is 13.3. The largest absolute Gasteiger partial charge is 0.311 e. The number of anilines is 6. The molecule has 0 fully saturated rings. The first-order chi connectivity index (χ1) is 27.3. The summed E-state index contributed by atoms with van der Waals surface area (Å²) in [5, 5.41) is 0. The van der Waals surface area contributed by atoms with Crippen molar-refractivity contribution >= 4 is 46.3 Å². The molecule has 0 unspecified atom stereocenters. The molecule has 1 aliphatic carbocycles. The monoisotopic (exact) mass is 742 g/mol. The van der Waals surface area contributed by atoms with Crippen molar-refractivity contribution in [3.63, 3.8) is 0 Å². The Morgan fingerprint density at radius 2 is 0.737 bits per heavy atom. The maximum Gasteiger partial charge on any atom is 0.0465 e. The number of fused-ring (bicyclic) bond motifs is 3. The summed E-state index contributed by atoms with van der Waals surface area (Å²) in [6.45, 7) is 18.3. The van der Waals surface area contributed by atoms with E-state index < -0.39 is 0 Å². The molecule has 7 aromatic rings. The summed E-state index contributed by atoms with van der Waals surface area (Å²) in [6, 6.07) is 62.3. The summed E-state index contributed by atoms with van der Waals surface area (Å²) in [5.41, 5.74) is 17.4. The lowest BCUT2D eigenvalue weighted by atomic mass is 9.82. The molecule has 0 atom stereocenters. The highest BCUT2D eigenvalue weighted by molar-refractivity contribution is 5.86. The van der Waals surface area contributed by atoms with Crippen molar-refractivity contribution in [1.29, 1.82) is 0 Å². The van der Waals surface area contributed by atoms with Gasteiger partial charge in [0.1, 0.15) is 0 Å². The van der Waals surface area contributed by atoms with Crippen LogP contribution in [0.5, 0.6) is 0 Å². The van der Waals surface area contributed by atoms with Crippen molar-refractivity contribution in [2.24, 2.45) is 0 Å². The van der Waals surface area contributed by atoms with Crippen LogP contribution in [-0.2, 0) is 16.2 Å². The Morgan fingerprint density at radius 3 is 1.21 bits per heavy atom. The van der Waals surface area contributed by atoms with Gasteiger partial charge in [0.25, 0.3) is 0 Å². The molecule has 0 saturated heterocycles. The van der Waals surface area contributed by atoms with Gasteiger partial charge in [-0.2, -0.15) is 0 Å². The van der Waals surface area contributed by atoms with Crippen molar-refractivity contribution < 1.29 is 0 Å². The summed E-state index contributed by atoms with van der Waals surface area (Å²) >= 11 is 0. The van der Waals surface area contributed by atoms with Crippen LogP contribution in [0.15, 0.2) is 170 Å². The fourth-order valence-electron chi connectivity index (χ4n) is 8.19. The van der Waals surface area contributed by atoms with Crippen molar-refractivity contribution in [1.82, 2.24) is 0 Å². The molecule has 2 nitrogen and oxygen atoms in total. The highest BCUT2D eigenvalue weighted by Crippen LogP contribution is 2.50. The first kappa shape index (κ1) is 37.8. The van der Waals surface area contributed by atoms with Crippen LogP contribution in [0.1, 0.15) is 88.8 Å². The molecule has 2 heteroatoms. The molecule has 0 N–H and O–H groups in total. The van der Waals surface area contributed by atoms with Gasteiger partial charge in [-0.15, -0.1) is 0 Å². The SMILES string of the molecule is CC(C)(C)c1ccc(N(c2ccc(/C=C/c3ccc(N(c4ccccc4)c4ccc5c(c4)C(C)(C)c4ccccc4-5)cc3)cc2)c2ccc(C(C)(C)C)cc2)cc1. The number of nitrogens with zero attached hydrogens (tertiary/aromatic N) is 2. The Morgan fingerprint density at radius 1 is 0.368 bits per heavy atom. The third-order valence-corrected chi connectivity index (χ3v) is 11.6. The predicted molar refractivity (Wildman–Crippen MR) is 246 cm³/mol. The molecule has 1 aliphatic rings. The van der Waals surface area contributed by atoms with Gasteiger partial charge in [0, 0.05) is 39.5 Å². The van der Waals surface area contributed by atoms with E-state index in [-0.39, 0.29) is 16.2 Å². The van der Waals surface area contributed by atoms with Gasteiger partial charge in [0.15, 0.2) is 0 Å². The van der Waals surface area contributed by atoms with Crippen LogP contribution in [0.3, 0.4) is 0 Å². The molecule has 0 saturated carbocycles. The van der Waals surface area contributed by atoms with Crippen molar-refractivity contribution in [2.45, 2.75) is 71.6 Å². The molecule has 0 spiro atoms. The Hall–Kier alpha value is -6.12. The topological polar surface area (TPSA) is 6.48 Å². The van der Waals surface area contributed by atoms with Crippen molar-refractivity contribution in [2.75, 3.05) is 9.80 Å². The maximum atomic E-state index is 2.39. The molecule has 7 aromatic carbocycles. The van der Waals surface area contributed by atoms with Crippen molar-refractivity contribution in [3.8, 4) is 11.1 Å². The fraction of sp³-hybridized carbons (Fsp3) is 0.200. The van der Waals surface area contributed by atoms with Crippen LogP contribution >= 0.6 is 0 Å². The molecule has 0 aliphatic heterocycles. The number of para-hydroxylation sites is 1. The molecule has 0 amide bonds. The fourth-order valence-corrected chi connectivity index (χ4v) is 8.19. The standard InChI is InChI=1S/C55H54N2/c1-53(2,3)41-24-32-46(33-25-41)56(47-34-26-42(27-35-47)54(4,5)6)44-28-20-39(21-29-44)18-19-40-22-30-45(31-23-40)57(43-14-10-9-11-15-43)48-36-37-50-49-16-12-13-17-51(49)55(7,8)52(50)38-48/h9-38H,1-8H3/b19-18+. The molecule has 57 heavy (non-hydrogen) atoms. The first-order valence-corrected chi connectivity index (χ1v) is 20.3. The molecule has 0 heterocycles. The number of rotatable bonds is 8. The molecule has 8 rings (SSSR count). The minimum absolute atomic E-state index is 0.0646. The highest BCUT2D eigenvalue weighted by Gasteiger charge is 2.35. The second-order valence-electron chi connectivity index (χ2n) is 18.0. The first-order valence-electron chi connectivity index (χ1n) is 20.3. The highest BCUT2D eigenvalue weighted by atomic mass is 15.1. The quantitative estimate of drug-likeness (QED) is 0.143. The van der Waals surface area contributed by atoms with E-state index in [4.69, 9.17) is 0 Å². The van der Waals surface area contributed by atoms with Gasteiger partial charge in [-0.05, 0) is 128 Å². The van der Waals surface area contributed by atoms with Gasteiger partial charge < -0.3 is 9.80 Å². The number of hydrogen-bond donors (Lipinski definition) is 0. The van der Waals surface area contributed by atoms with E-state index in [0.717, 1.165) is 45.3 Å². The lowest BCUT2D eigenvalue weighted by Gasteiger charge is -2.28. The molecule has 284 valence electrons. The zero-order valence-corrected chi connectivity index (χ0v) is 34.7. The Bertz CT molecular complexity index is 2450. The Balaban J connectivity index is 1.06. The van der Waals surface area contributed by atoms with Gasteiger partial charge in [0.05, 0.1) is 0 Å². The molecule has 0 aromatic heterocycles. The summed E-state index contributed by atoms with van der Waals surface area (Å²) in [4.78, 5) is 4.72. The maximum absolute atomic E-state index is 2.39. The third-order valence-electron chi connectivity index (χ3n) is 11.6. The zero-order valence-electron chi connectivity index (χ0n) is 34.7. The minimum Gasteiger partial charge on any atom is -0.311 e. The van der Waals surface area contributed by atoms with Crippen LogP contribution < -0.4 is 9.80 Å². The predicted octanol–water partition coefficient (Wildman–Crippen LogP) is 15.7. The Labute approximate surface area is 340 Å². The van der Waals surface area contributed by atoms with Crippen LogP contribution in [0.4, 0.5) is 34.1 Å². The van der Waals surface area contributed by atoms with Crippen LogP contribution in [0.2, 0.25) is 0 Å². The van der Waals surface area contributed by atoms with Crippen LogP contribution in [-0.4, -0.2) is 0 Å². The van der Waals surface area contributed by atoms with Gasteiger partial charge in [-0.1, -0.05) is 165 Å². The zero-order chi connectivity index (χ0) is 40.0. The summed E-state index contributed by atoms with van der Waals surface area (Å²) in [5.74, 6) is 0. The molecule has 0 bridgehead atoms. The summed E-state index contributed by atoms with van der Waals surface area (Å²) in [7, 11) is 0. The average Bonchev–Trinajstić information content (AvgIpc) is 3.44. The molecular formula is C55H54N2. The number of benzene rings is 7. The third kappa shape index (κ3) is 7.57. The summed E-state index contributed by atoms with van der Waals surface area (Å²) in [6.07, 6.45) is 4.41. The summed E-state index contributed by atoms with van der Waals surface area (Å²) < 4.78 is 0. The van der Waals surface area contributed by atoms with Gasteiger partial charge >= 0.3 is 0 Å². The minimum atomic E-state index is -0.0646. The van der Waals surface area contributed by atoms with E-state index in [1.165, 1.54) is 33.4 Å². The average molecular weight is 743 g/mol. The lowest BCUT2D eigenvalue weighted by molar-refractivity contribution is 0.590. The van der Waals surface area contributed by atoms with E-state index in [1.54, 1.807) is 0 Å². The second-order valence-corrected chi connectivity index (χ2v) is 18.0. The number of hydrogen-bond acceptors (Lipinski definition) is 2. The second kappa shape index (κ2) is 14.8. The van der Waals surface area contributed by atoms with E-state index in [2.05, 4.69) is 247 Å². The van der Waals surface area contributed by atoms with E-state index in [0.29, 0.717) is 0 Å². The molecule has 0 radical (unpaired) electrons. The van der Waals surface area contributed by atoms with E-state index >= 15 is 0 Å². The van der Waals surface area contributed by atoms with Crippen LogP contribution in [0, 0.1) is 0 Å². The lowest BCUT2D eigenvalue weighted by Crippen LogP contribution is -2.16. The molecular weight excluding hydrogens is 689 g/mol. The smallest absolute Gasteiger partial charge is 0.0465 e. The van der Waals surface area contributed by atoms with E-state index in [9.17, 15) is 0 Å². The van der Waals surface area contributed by atoms with Gasteiger partial charge in [0.2, 0.25) is 0 Å². The Kier molecular flexibility index (Phi) is 9.78. The van der Waals surface area contributed by atoms with Crippen LogP contribution in [0.25, 0.3) is 23.3 Å². The van der Waals surface area contributed by atoms with E-state index in [1.807, 2.05) is 0 Å².